The average Bonchev–Trinajstić information content (AvgIpc) is 3.25. The van der Waals surface area contributed by atoms with Gasteiger partial charge in [0.15, 0.2) is 15.9 Å². The fourth-order valence-electron chi connectivity index (χ4n) is 2.81. The molecular weight excluding hydrogens is 414 g/mol. The number of thioether (sulfide) groups is 1. The van der Waals surface area contributed by atoms with Crippen LogP contribution in [0.3, 0.4) is 0 Å². The van der Waals surface area contributed by atoms with Crippen molar-refractivity contribution in [2.24, 2.45) is 0 Å². The predicted molar refractivity (Wildman–Crippen MR) is 114 cm³/mol. The minimum atomic E-state index is -0.0613. The average molecular weight is 430 g/mol. The zero-order valence-corrected chi connectivity index (χ0v) is 17.4. The number of allylic oxidation sites excluding steroid dienone is 1. The fourth-order valence-corrected chi connectivity index (χ4v) is 4.67. The van der Waals surface area contributed by atoms with E-state index in [2.05, 4.69) is 21.8 Å². The number of aryl methyl sites for hydroxylation is 1. The number of nitrogens with zero attached hydrogens (tertiary/aromatic N) is 5. The van der Waals surface area contributed by atoms with Gasteiger partial charge in [-0.1, -0.05) is 29.4 Å². The monoisotopic (exact) mass is 429 g/mol. The van der Waals surface area contributed by atoms with Crippen LogP contribution in [-0.4, -0.2) is 24.1 Å². The Morgan fingerprint density at radius 2 is 2.07 bits per heavy atom. The number of thiazole rings is 1. The second kappa shape index (κ2) is 7.90. The molecule has 0 aliphatic heterocycles. The zero-order valence-electron chi connectivity index (χ0n) is 15.0. The molecule has 3 aromatic heterocycles. The van der Waals surface area contributed by atoms with Crippen molar-refractivity contribution < 1.29 is 0 Å². The molecule has 28 heavy (non-hydrogen) atoms. The van der Waals surface area contributed by atoms with E-state index in [4.69, 9.17) is 11.6 Å². The number of fused-ring (bicyclic) bond motifs is 1. The standard InChI is InChI=1S/C19H16ClN5OS2/c1-3-8-24-17(13-4-6-14(20)7-5-13)22-23-19(24)28-11-15-9-16(26)25-12(2)10-27-18(25)21-15/h3-7,9-10H,1,8,11H2,2H3. The van der Waals surface area contributed by atoms with Gasteiger partial charge in [0, 0.05) is 40.0 Å². The highest BCUT2D eigenvalue weighted by Gasteiger charge is 2.15. The van der Waals surface area contributed by atoms with Crippen LogP contribution in [0.5, 0.6) is 0 Å². The van der Waals surface area contributed by atoms with E-state index in [9.17, 15) is 4.79 Å². The van der Waals surface area contributed by atoms with Crippen LogP contribution in [-0.2, 0) is 12.3 Å². The van der Waals surface area contributed by atoms with Crippen molar-refractivity contribution in [3.8, 4) is 11.4 Å². The predicted octanol–water partition coefficient (Wildman–Crippen LogP) is 4.45. The maximum absolute atomic E-state index is 12.3. The summed E-state index contributed by atoms with van der Waals surface area (Å²) in [5.74, 6) is 1.27. The van der Waals surface area contributed by atoms with Gasteiger partial charge in [-0.15, -0.1) is 28.1 Å². The summed E-state index contributed by atoms with van der Waals surface area (Å²) >= 11 is 8.94. The summed E-state index contributed by atoms with van der Waals surface area (Å²) in [4.78, 5) is 17.6. The molecule has 0 unspecified atom stereocenters. The van der Waals surface area contributed by atoms with Gasteiger partial charge in [-0.2, -0.15) is 0 Å². The summed E-state index contributed by atoms with van der Waals surface area (Å²) in [5.41, 5.74) is 2.49. The van der Waals surface area contributed by atoms with Gasteiger partial charge < -0.3 is 0 Å². The van der Waals surface area contributed by atoms with E-state index in [1.807, 2.05) is 41.1 Å². The number of halogens is 1. The number of hydrogen-bond acceptors (Lipinski definition) is 6. The lowest BCUT2D eigenvalue weighted by atomic mass is 10.2. The van der Waals surface area contributed by atoms with Gasteiger partial charge in [0.25, 0.3) is 5.56 Å². The third-order valence-electron chi connectivity index (χ3n) is 4.11. The molecule has 0 aliphatic carbocycles. The highest BCUT2D eigenvalue weighted by atomic mass is 35.5. The zero-order chi connectivity index (χ0) is 19.7. The number of rotatable bonds is 6. The summed E-state index contributed by atoms with van der Waals surface area (Å²) in [6.07, 6.45) is 1.80. The lowest BCUT2D eigenvalue weighted by Gasteiger charge is -2.08. The Kier molecular flexibility index (Phi) is 5.34. The Balaban J connectivity index is 1.62. The van der Waals surface area contributed by atoms with Crippen molar-refractivity contribution in [1.29, 1.82) is 0 Å². The molecule has 0 N–H and O–H groups in total. The topological polar surface area (TPSA) is 65.1 Å². The summed E-state index contributed by atoms with van der Waals surface area (Å²) in [6.45, 7) is 6.31. The van der Waals surface area contributed by atoms with Crippen LogP contribution in [0, 0.1) is 6.92 Å². The molecule has 0 saturated carbocycles. The van der Waals surface area contributed by atoms with Crippen molar-refractivity contribution in [2.75, 3.05) is 0 Å². The Hall–Kier alpha value is -2.42. The van der Waals surface area contributed by atoms with Crippen LogP contribution < -0.4 is 5.56 Å². The van der Waals surface area contributed by atoms with Gasteiger partial charge in [-0.3, -0.25) is 13.8 Å². The van der Waals surface area contributed by atoms with Gasteiger partial charge >= 0.3 is 0 Å². The Bertz CT molecular complexity index is 1210. The highest BCUT2D eigenvalue weighted by molar-refractivity contribution is 7.98. The van der Waals surface area contributed by atoms with Gasteiger partial charge in [0.05, 0.1) is 5.69 Å². The second-order valence-electron chi connectivity index (χ2n) is 6.08. The third-order valence-corrected chi connectivity index (χ3v) is 6.30. The molecule has 0 atom stereocenters. The second-order valence-corrected chi connectivity index (χ2v) is 8.30. The van der Waals surface area contributed by atoms with E-state index >= 15 is 0 Å². The first-order valence-corrected chi connectivity index (χ1v) is 10.7. The maximum atomic E-state index is 12.3. The molecule has 4 rings (SSSR count). The largest absolute Gasteiger partial charge is 0.298 e. The molecule has 0 amide bonds. The Morgan fingerprint density at radius 1 is 1.29 bits per heavy atom. The van der Waals surface area contributed by atoms with Gasteiger partial charge in [-0.05, 0) is 31.2 Å². The number of benzene rings is 1. The van der Waals surface area contributed by atoms with Crippen LogP contribution in [0.2, 0.25) is 5.02 Å². The molecule has 9 heteroatoms. The van der Waals surface area contributed by atoms with Crippen LogP contribution >= 0.6 is 34.7 Å². The smallest absolute Gasteiger partial charge is 0.258 e. The molecule has 4 aromatic rings. The van der Waals surface area contributed by atoms with Crippen molar-refractivity contribution >= 4 is 39.7 Å². The Morgan fingerprint density at radius 3 is 2.82 bits per heavy atom. The molecule has 0 spiro atoms. The molecule has 0 radical (unpaired) electrons. The van der Waals surface area contributed by atoms with Crippen LogP contribution in [0.4, 0.5) is 0 Å². The van der Waals surface area contributed by atoms with Crippen LogP contribution in [0.1, 0.15) is 11.4 Å². The highest BCUT2D eigenvalue weighted by Crippen LogP contribution is 2.27. The molecular formula is C19H16ClN5OS2. The van der Waals surface area contributed by atoms with E-state index in [-0.39, 0.29) is 5.56 Å². The summed E-state index contributed by atoms with van der Waals surface area (Å²) < 4.78 is 3.61. The third kappa shape index (κ3) is 3.63. The minimum Gasteiger partial charge on any atom is -0.298 e. The van der Waals surface area contributed by atoms with Crippen molar-refractivity contribution in [3.05, 3.63) is 75.1 Å². The van der Waals surface area contributed by atoms with Crippen molar-refractivity contribution in [2.45, 2.75) is 24.4 Å². The lowest BCUT2D eigenvalue weighted by Crippen LogP contribution is -2.14. The molecule has 3 heterocycles. The molecule has 142 valence electrons. The lowest BCUT2D eigenvalue weighted by molar-refractivity contribution is 0.731. The minimum absolute atomic E-state index is 0.0613. The van der Waals surface area contributed by atoms with Gasteiger partial charge in [0.1, 0.15) is 0 Å². The molecule has 0 aliphatic rings. The Labute approximate surface area is 174 Å². The van der Waals surface area contributed by atoms with E-state index in [0.717, 1.165) is 27.9 Å². The number of aromatic nitrogens is 5. The van der Waals surface area contributed by atoms with Crippen molar-refractivity contribution in [3.63, 3.8) is 0 Å². The van der Waals surface area contributed by atoms with E-state index < -0.39 is 0 Å². The van der Waals surface area contributed by atoms with E-state index in [1.165, 1.54) is 23.1 Å². The van der Waals surface area contributed by atoms with Gasteiger partial charge in [0.2, 0.25) is 0 Å². The maximum Gasteiger partial charge on any atom is 0.258 e. The summed E-state index contributed by atoms with van der Waals surface area (Å²) in [7, 11) is 0. The first kappa shape index (κ1) is 18.9. The number of hydrogen-bond donors (Lipinski definition) is 0. The first-order valence-electron chi connectivity index (χ1n) is 8.46. The van der Waals surface area contributed by atoms with Gasteiger partial charge in [-0.25, -0.2) is 4.98 Å². The first-order chi connectivity index (χ1) is 13.6. The van der Waals surface area contributed by atoms with E-state index in [0.29, 0.717) is 22.3 Å². The summed E-state index contributed by atoms with van der Waals surface area (Å²) in [6, 6.07) is 9.05. The SMILES string of the molecule is C=CCn1c(SCc2cc(=O)n3c(C)csc3n2)nnc1-c1ccc(Cl)cc1. The molecule has 0 bridgehead atoms. The normalized spacial score (nSPS) is 11.2. The fraction of sp³-hybridized carbons (Fsp3) is 0.158. The van der Waals surface area contributed by atoms with Crippen LogP contribution in [0.15, 0.2) is 58.3 Å². The van der Waals surface area contributed by atoms with E-state index in [1.54, 1.807) is 16.5 Å². The quantitative estimate of drug-likeness (QED) is 0.334. The van der Waals surface area contributed by atoms with Crippen LogP contribution in [0.25, 0.3) is 16.3 Å². The summed E-state index contributed by atoms with van der Waals surface area (Å²) in [5, 5.41) is 12.0. The molecule has 1 aromatic carbocycles. The molecule has 0 fully saturated rings. The van der Waals surface area contributed by atoms with Crippen molar-refractivity contribution in [1.82, 2.24) is 24.1 Å². The molecule has 0 saturated heterocycles. The molecule has 6 nitrogen and oxygen atoms in total.